The average Bonchev–Trinajstić information content (AvgIpc) is 2.83. The molecule has 1 aliphatic carbocycles. The Labute approximate surface area is 88.3 Å². The van der Waals surface area contributed by atoms with Gasteiger partial charge in [-0.2, -0.15) is 5.10 Å². The van der Waals surface area contributed by atoms with Crippen molar-refractivity contribution in [1.29, 1.82) is 0 Å². The van der Waals surface area contributed by atoms with E-state index >= 15 is 0 Å². The molecule has 2 aromatic rings. The van der Waals surface area contributed by atoms with Gasteiger partial charge in [-0.15, -0.1) is 0 Å². The van der Waals surface area contributed by atoms with Crippen molar-refractivity contribution in [2.24, 2.45) is 5.73 Å². The Morgan fingerprint density at radius 2 is 2.00 bits per heavy atom. The Balaban J connectivity index is 1.91. The van der Waals surface area contributed by atoms with Crippen molar-refractivity contribution < 1.29 is 0 Å². The predicted molar refractivity (Wildman–Crippen MR) is 59.4 cm³/mol. The zero-order valence-corrected chi connectivity index (χ0v) is 8.35. The van der Waals surface area contributed by atoms with E-state index in [2.05, 4.69) is 28.4 Å². The molecule has 3 N–H and O–H groups in total. The van der Waals surface area contributed by atoms with Crippen LogP contribution in [0, 0.1) is 0 Å². The van der Waals surface area contributed by atoms with Crippen molar-refractivity contribution >= 4 is 0 Å². The first-order valence-corrected chi connectivity index (χ1v) is 5.21. The third-order valence-electron chi connectivity index (χ3n) is 2.91. The quantitative estimate of drug-likeness (QED) is 0.776. The van der Waals surface area contributed by atoms with Gasteiger partial charge in [0.25, 0.3) is 0 Å². The lowest BCUT2D eigenvalue weighted by Gasteiger charge is -1.92. The van der Waals surface area contributed by atoms with Crippen molar-refractivity contribution in [3.8, 4) is 11.3 Å². The van der Waals surface area contributed by atoms with Gasteiger partial charge in [0, 0.05) is 23.2 Å². The first-order chi connectivity index (χ1) is 7.34. The Kier molecular flexibility index (Phi) is 1.86. The van der Waals surface area contributed by atoms with Gasteiger partial charge in [0.05, 0.1) is 5.69 Å². The van der Waals surface area contributed by atoms with E-state index < -0.39 is 0 Å². The average molecular weight is 199 g/mol. The summed E-state index contributed by atoms with van der Waals surface area (Å²) in [4.78, 5) is 0. The summed E-state index contributed by atoms with van der Waals surface area (Å²) in [7, 11) is 0. The van der Waals surface area contributed by atoms with Crippen molar-refractivity contribution in [3.05, 3.63) is 42.1 Å². The maximum Gasteiger partial charge on any atom is 0.0923 e. The summed E-state index contributed by atoms with van der Waals surface area (Å²) in [5, 5.41) is 7.37. The van der Waals surface area contributed by atoms with Gasteiger partial charge in [-0.3, -0.25) is 5.10 Å². The summed E-state index contributed by atoms with van der Waals surface area (Å²) in [5.74, 6) is 0.495. The van der Waals surface area contributed by atoms with Crippen molar-refractivity contribution in [2.75, 3.05) is 0 Å². The molecule has 0 amide bonds. The fraction of sp³-hybridized carbons (Fsp3) is 0.250. The first-order valence-electron chi connectivity index (χ1n) is 5.21. The highest BCUT2D eigenvalue weighted by Gasteiger charge is 2.36. The van der Waals surface area contributed by atoms with Crippen molar-refractivity contribution in [2.45, 2.75) is 18.4 Å². The third kappa shape index (κ3) is 1.55. The molecule has 3 nitrogen and oxygen atoms in total. The minimum absolute atomic E-state index is 0.328. The van der Waals surface area contributed by atoms with E-state index in [0.717, 1.165) is 17.7 Å². The van der Waals surface area contributed by atoms with Crippen molar-refractivity contribution in [3.63, 3.8) is 0 Å². The van der Waals surface area contributed by atoms with Crippen LogP contribution in [0.1, 0.15) is 18.0 Å². The second-order valence-electron chi connectivity index (χ2n) is 4.08. The number of rotatable bonds is 2. The van der Waals surface area contributed by atoms with Gasteiger partial charge in [-0.1, -0.05) is 30.3 Å². The molecule has 2 unspecified atom stereocenters. The number of nitrogens with one attached hydrogen (secondary N) is 1. The molecule has 0 aliphatic heterocycles. The summed E-state index contributed by atoms with van der Waals surface area (Å²) in [6, 6.07) is 12.6. The van der Waals surface area contributed by atoms with Gasteiger partial charge in [-0.05, 0) is 12.5 Å². The summed E-state index contributed by atoms with van der Waals surface area (Å²) in [6.07, 6.45) is 1.08. The molecule has 1 saturated carbocycles. The molecule has 1 aromatic carbocycles. The molecule has 0 bridgehead atoms. The van der Waals surface area contributed by atoms with Gasteiger partial charge < -0.3 is 5.73 Å². The molecule has 3 heteroatoms. The van der Waals surface area contributed by atoms with E-state index in [0.29, 0.717) is 12.0 Å². The van der Waals surface area contributed by atoms with Crippen LogP contribution < -0.4 is 5.73 Å². The van der Waals surface area contributed by atoms with E-state index in [1.807, 2.05) is 18.2 Å². The summed E-state index contributed by atoms with van der Waals surface area (Å²) in [6.45, 7) is 0. The molecule has 1 fully saturated rings. The van der Waals surface area contributed by atoms with Gasteiger partial charge in [0.15, 0.2) is 0 Å². The van der Waals surface area contributed by atoms with Crippen LogP contribution >= 0.6 is 0 Å². The van der Waals surface area contributed by atoms with Gasteiger partial charge >= 0.3 is 0 Å². The zero-order valence-electron chi connectivity index (χ0n) is 8.35. The molecule has 1 aromatic heterocycles. The Bertz CT molecular complexity index is 461. The van der Waals surface area contributed by atoms with Crippen LogP contribution in [0.2, 0.25) is 0 Å². The molecule has 0 saturated heterocycles. The number of H-pyrrole nitrogens is 1. The largest absolute Gasteiger partial charge is 0.327 e. The fourth-order valence-electron chi connectivity index (χ4n) is 1.86. The van der Waals surface area contributed by atoms with Crippen LogP contribution in [-0.4, -0.2) is 16.2 Å². The van der Waals surface area contributed by atoms with Crippen LogP contribution in [0.15, 0.2) is 36.4 Å². The summed E-state index contributed by atoms with van der Waals surface area (Å²) in [5.41, 5.74) is 9.12. The molecule has 76 valence electrons. The van der Waals surface area contributed by atoms with Gasteiger partial charge in [-0.25, -0.2) is 0 Å². The Morgan fingerprint density at radius 3 is 2.67 bits per heavy atom. The topological polar surface area (TPSA) is 54.7 Å². The number of aromatic nitrogens is 2. The zero-order chi connectivity index (χ0) is 10.3. The number of nitrogens with zero attached hydrogens (tertiary/aromatic N) is 1. The SMILES string of the molecule is NC1CC1c1cc(-c2ccccc2)n[nH]1. The molecule has 0 radical (unpaired) electrons. The van der Waals surface area contributed by atoms with Gasteiger partial charge in [0.1, 0.15) is 0 Å². The minimum atomic E-state index is 0.328. The molecule has 1 aliphatic rings. The summed E-state index contributed by atoms with van der Waals surface area (Å²) < 4.78 is 0. The molecule has 15 heavy (non-hydrogen) atoms. The highest BCUT2D eigenvalue weighted by molar-refractivity contribution is 5.59. The maximum atomic E-state index is 5.80. The molecule has 1 heterocycles. The fourth-order valence-corrected chi connectivity index (χ4v) is 1.86. The highest BCUT2D eigenvalue weighted by Crippen LogP contribution is 2.38. The number of benzene rings is 1. The normalized spacial score (nSPS) is 24.1. The number of hydrogen-bond acceptors (Lipinski definition) is 2. The molecular weight excluding hydrogens is 186 g/mol. The lowest BCUT2D eigenvalue weighted by molar-refractivity contribution is 0.920. The smallest absolute Gasteiger partial charge is 0.0923 e. The number of nitrogens with two attached hydrogens (primary N) is 1. The molecule has 2 atom stereocenters. The summed E-state index contributed by atoms with van der Waals surface area (Å²) >= 11 is 0. The van der Waals surface area contributed by atoms with E-state index in [4.69, 9.17) is 5.73 Å². The second-order valence-corrected chi connectivity index (χ2v) is 4.08. The second kappa shape index (κ2) is 3.21. The van der Waals surface area contributed by atoms with E-state index in [-0.39, 0.29) is 0 Å². The van der Waals surface area contributed by atoms with Crippen molar-refractivity contribution in [1.82, 2.24) is 10.2 Å². The van der Waals surface area contributed by atoms with Crippen LogP contribution in [0.4, 0.5) is 0 Å². The Morgan fingerprint density at radius 1 is 1.27 bits per heavy atom. The van der Waals surface area contributed by atoms with Crippen LogP contribution in [0.5, 0.6) is 0 Å². The first kappa shape index (κ1) is 8.68. The standard InChI is InChI=1S/C12H13N3/c13-10-6-9(10)12-7-11(14-15-12)8-4-2-1-3-5-8/h1-5,7,9-10H,6,13H2,(H,14,15). The molecule has 0 spiro atoms. The van der Waals surface area contributed by atoms with Crippen LogP contribution in [0.25, 0.3) is 11.3 Å². The van der Waals surface area contributed by atoms with Crippen LogP contribution in [0.3, 0.4) is 0 Å². The van der Waals surface area contributed by atoms with Gasteiger partial charge in [0.2, 0.25) is 0 Å². The number of aromatic amines is 1. The lowest BCUT2D eigenvalue weighted by atomic mass is 10.1. The predicted octanol–water partition coefficient (Wildman–Crippen LogP) is 1.89. The maximum absolute atomic E-state index is 5.80. The highest BCUT2D eigenvalue weighted by atomic mass is 15.1. The monoisotopic (exact) mass is 199 g/mol. The third-order valence-corrected chi connectivity index (χ3v) is 2.91. The van der Waals surface area contributed by atoms with E-state index in [1.165, 1.54) is 5.69 Å². The van der Waals surface area contributed by atoms with E-state index in [9.17, 15) is 0 Å². The lowest BCUT2D eigenvalue weighted by Crippen LogP contribution is -2.00. The minimum Gasteiger partial charge on any atom is -0.327 e. The Hall–Kier alpha value is -1.61. The van der Waals surface area contributed by atoms with Crippen LogP contribution in [-0.2, 0) is 0 Å². The molecular formula is C12H13N3. The number of hydrogen-bond donors (Lipinski definition) is 2. The molecule has 3 rings (SSSR count). The van der Waals surface area contributed by atoms with E-state index in [1.54, 1.807) is 0 Å².